The van der Waals surface area contributed by atoms with Crippen LogP contribution in [0.15, 0.2) is 72.8 Å². The van der Waals surface area contributed by atoms with Crippen LogP contribution < -0.4 is 9.64 Å². The molecule has 0 spiro atoms. The summed E-state index contributed by atoms with van der Waals surface area (Å²) in [6.07, 6.45) is -0.156. The first-order valence-electron chi connectivity index (χ1n) is 8.39. The van der Waals surface area contributed by atoms with Crippen molar-refractivity contribution in [2.45, 2.75) is 6.10 Å². The summed E-state index contributed by atoms with van der Waals surface area (Å²) in [5, 5.41) is 2.22. The topological polar surface area (TPSA) is 38.8 Å². The maximum absolute atomic E-state index is 12.1. The van der Waals surface area contributed by atoms with Crippen molar-refractivity contribution in [3.63, 3.8) is 0 Å². The van der Waals surface area contributed by atoms with E-state index in [0.717, 1.165) is 22.2 Å². The fourth-order valence-electron chi connectivity index (χ4n) is 3.09. The quantitative estimate of drug-likeness (QED) is 0.731. The maximum Gasteiger partial charge on any atom is 0.253 e. The fraction of sp³-hybridized carbons (Fsp3) is 0.190. The van der Waals surface area contributed by atoms with Crippen molar-refractivity contribution in [2.24, 2.45) is 0 Å². The second-order valence-electron chi connectivity index (χ2n) is 6.06. The van der Waals surface area contributed by atoms with Crippen LogP contribution in [0, 0.1) is 0 Å². The molecule has 1 saturated heterocycles. The highest BCUT2D eigenvalue weighted by molar-refractivity contribution is 5.95. The number of rotatable bonds is 4. The van der Waals surface area contributed by atoms with E-state index in [4.69, 9.17) is 9.47 Å². The van der Waals surface area contributed by atoms with Gasteiger partial charge in [-0.3, -0.25) is 4.79 Å². The van der Waals surface area contributed by atoms with E-state index in [1.807, 2.05) is 60.7 Å². The molecule has 4 nitrogen and oxygen atoms in total. The van der Waals surface area contributed by atoms with E-state index in [1.165, 1.54) is 0 Å². The molecule has 0 bridgehead atoms. The first kappa shape index (κ1) is 15.7. The minimum absolute atomic E-state index is 0.0207. The third-order valence-corrected chi connectivity index (χ3v) is 4.37. The molecule has 126 valence electrons. The number of nitrogens with zero attached hydrogens (tertiary/aromatic N) is 1. The molecule has 4 rings (SSSR count). The SMILES string of the molecule is O=C1CO[C@H](COc2cccc3ccccc23)CN1c1ccccc1. The van der Waals surface area contributed by atoms with E-state index < -0.39 is 0 Å². The lowest BCUT2D eigenvalue weighted by molar-refractivity contribution is -0.130. The van der Waals surface area contributed by atoms with Crippen LogP contribution in [0.1, 0.15) is 0 Å². The number of carbonyl (C=O) groups excluding carboxylic acids is 1. The Morgan fingerprint density at radius 3 is 2.60 bits per heavy atom. The lowest BCUT2D eigenvalue weighted by Crippen LogP contribution is -2.48. The van der Waals surface area contributed by atoms with Crippen molar-refractivity contribution >= 4 is 22.4 Å². The van der Waals surface area contributed by atoms with E-state index in [1.54, 1.807) is 4.90 Å². The molecule has 1 aliphatic rings. The number of para-hydroxylation sites is 1. The van der Waals surface area contributed by atoms with Crippen molar-refractivity contribution in [2.75, 3.05) is 24.7 Å². The zero-order valence-corrected chi connectivity index (χ0v) is 13.8. The molecular formula is C21H19NO3. The molecule has 1 amide bonds. The van der Waals surface area contributed by atoms with Crippen molar-refractivity contribution in [3.05, 3.63) is 72.8 Å². The zero-order chi connectivity index (χ0) is 17.1. The molecule has 4 heteroatoms. The van der Waals surface area contributed by atoms with Gasteiger partial charge in [0, 0.05) is 11.1 Å². The van der Waals surface area contributed by atoms with Crippen LogP contribution in [-0.2, 0) is 9.53 Å². The molecule has 1 atom stereocenters. The van der Waals surface area contributed by atoms with Crippen LogP contribution in [0.5, 0.6) is 5.75 Å². The number of fused-ring (bicyclic) bond motifs is 1. The van der Waals surface area contributed by atoms with Gasteiger partial charge in [-0.1, -0.05) is 54.6 Å². The van der Waals surface area contributed by atoms with Crippen LogP contribution in [-0.4, -0.2) is 31.8 Å². The Labute approximate surface area is 146 Å². The standard InChI is InChI=1S/C21H19NO3/c23-21-15-24-18(13-22(21)17-9-2-1-3-10-17)14-25-20-12-6-8-16-7-4-5-11-19(16)20/h1-12,18H,13-15H2/t18-/m0/s1. The van der Waals surface area contributed by atoms with E-state index in [-0.39, 0.29) is 18.6 Å². The number of ether oxygens (including phenoxy) is 2. The molecule has 0 aliphatic carbocycles. The smallest absolute Gasteiger partial charge is 0.253 e. The van der Waals surface area contributed by atoms with Gasteiger partial charge >= 0.3 is 0 Å². The van der Waals surface area contributed by atoms with Gasteiger partial charge in [-0.2, -0.15) is 0 Å². The molecule has 1 fully saturated rings. The minimum Gasteiger partial charge on any atom is -0.490 e. The Hall–Kier alpha value is -2.85. The van der Waals surface area contributed by atoms with Gasteiger partial charge in [0.05, 0.1) is 6.54 Å². The predicted molar refractivity (Wildman–Crippen MR) is 98.0 cm³/mol. The van der Waals surface area contributed by atoms with Gasteiger partial charge in [0.2, 0.25) is 0 Å². The highest BCUT2D eigenvalue weighted by Gasteiger charge is 2.27. The third kappa shape index (κ3) is 3.35. The molecule has 0 unspecified atom stereocenters. The Morgan fingerprint density at radius 1 is 0.960 bits per heavy atom. The van der Waals surface area contributed by atoms with Crippen LogP contribution >= 0.6 is 0 Å². The molecular weight excluding hydrogens is 314 g/mol. The Morgan fingerprint density at radius 2 is 1.72 bits per heavy atom. The van der Waals surface area contributed by atoms with Crippen molar-refractivity contribution < 1.29 is 14.3 Å². The molecule has 0 radical (unpaired) electrons. The van der Waals surface area contributed by atoms with E-state index in [0.29, 0.717) is 13.2 Å². The van der Waals surface area contributed by atoms with Gasteiger partial charge in [-0.25, -0.2) is 0 Å². The van der Waals surface area contributed by atoms with Crippen LogP contribution in [0.25, 0.3) is 10.8 Å². The summed E-state index contributed by atoms with van der Waals surface area (Å²) in [5.74, 6) is 0.817. The number of anilines is 1. The largest absolute Gasteiger partial charge is 0.490 e. The van der Waals surface area contributed by atoms with Gasteiger partial charge < -0.3 is 14.4 Å². The van der Waals surface area contributed by atoms with Crippen LogP contribution in [0.3, 0.4) is 0 Å². The first-order chi connectivity index (χ1) is 12.3. The summed E-state index contributed by atoms with van der Waals surface area (Å²) in [7, 11) is 0. The third-order valence-electron chi connectivity index (χ3n) is 4.37. The maximum atomic E-state index is 12.1. The summed E-state index contributed by atoms with van der Waals surface area (Å²) in [5.41, 5.74) is 0.894. The molecule has 0 aromatic heterocycles. The van der Waals surface area contributed by atoms with E-state index in [9.17, 15) is 4.79 Å². The summed E-state index contributed by atoms with van der Waals surface area (Å²) >= 11 is 0. The number of hydrogen-bond donors (Lipinski definition) is 0. The van der Waals surface area contributed by atoms with Gasteiger partial charge in [-0.15, -0.1) is 0 Å². The van der Waals surface area contributed by atoms with Gasteiger partial charge in [0.25, 0.3) is 5.91 Å². The zero-order valence-electron chi connectivity index (χ0n) is 13.8. The number of morpholine rings is 1. The fourth-order valence-corrected chi connectivity index (χ4v) is 3.09. The van der Waals surface area contributed by atoms with Gasteiger partial charge in [0.1, 0.15) is 25.1 Å². The Bertz CT molecular complexity index is 873. The molecule has 3 aromatic carbocycles. The summed E-state index contributed by atoms with van der Waals surface area (Å²) in [6, 6.07) is 23.8. The number of amides is 1. The normalized spacial score (nSPS) is 17.7. The Balaban J connectivity index is 1.47. The first-order valence-corrected chi connectivity index (χ1v) is 8.39. The average molecular weight is 333 g/mol. The molecule has 1 aliphatic heterocycles. The Kier molecular flexibility index (Phi) is 4.36. The summed E-state index contributed by atoms with van der Waals surface area (Å²) < 4.78 is 11.7. The second kappa shape index (κ2) is 6.95. The minimum atomic E-state index is -0.156. The van der Waals surface area contributed by atoms with E-state index in [2.05, 4.69) is 12.1 Å². The molecule has 25 heavy (non-hydrogen) atoms. The average Bonchev–Trinajstić information content (AvgIpc) is 2.68. The van der Waals surface area contributed by atoms with Crippen molar-refractivity contribution in [3.8, 4) is 5.75 Å². The monoisotopic (exact) mass is 333 g/mol. The number of hydrogen-bond acceptors (Lipinski definition) is 3. The summed E-state index contributed by atoms with van der Waals surface area (Å²) in [6.45, 7) is 0.983. The van der Waals surface area contributed by atoms with E-state index >= 15 is 0 Å². The second-order valence-corrected chi connectivity index (χ2v) is 6.06. The highest BCUT2D eigenvalue weighted by atomic mass is 16.5. The molecule has 1 heterocycles. The highest BCUT2D eigenvalue weighted by Crippen LogP contribution is 2.26. The van der Waals surface area contributed by atoms with Crippen molar-refractivity contribution in [1.29, 1.82) is 0 Å². The number of carbonyl (C=O) groups is 1. The lowest BCUT2D eigenvalue weighted by Gasteiger charge is -2.32. The van der Waals surface area contributed by atoms with Crippen molar-refractivity contribution in [1.82, 2.24) is 0 Å². The predicted octanol–water partition coefficient (Wildman–Crippen LogP) is 3.65. The molecule has 3 aromatic rings. The molecule has 0 saturated carbocycles. The summed E-state index contributed by atoms with van der Waals surface area (Å²) in [4.78, 5) is 13.9. The number of benzene rings is 3. The van der Waals surface area contributed by atoms with Crippen LogP contribution in [0.4, 0.5) is 5.69 Å². The molecule has 0 N–H and O–H groups in total. The van der Waals surface area contributed by atoms with Crippen LogP contribution in [0.2, 0.25) is 0 Å². The lowest BCUT2D eigenvalue weighted by atomic mass is 10.1. The van der Waals surface area contributed by atoms with Gasteiger partial charge in [-0.05, 0) is 23.6 Å². The van der Waals surface area contributed by atoms with Gasteiger partial charge in [0.15, 0.2) is 0 Å².